The molecule has 5 nitrogen and oxygen atoms in total. The fourth-order valence-corrected chi connectivity index (χ4v) is 2.78. The molecule has 7 heteroatoms. The molecule has 0 aliphatic carbocycles. The predicted octanol–water partition coefficient (Wildman–Crippen LogP) is 3.99. The minimum atomic E-state index is -0.457. The summed E-state index contributed by atoms with van der Waals surface area (Å²) in [5.74, 6) is -0.0490. The van der Waals surface area contributed by atoms with Gasteiger partial charge < -0.3 is 4.90 Å². The van der Waals surface area contributed by atoms with E-state index in [0.717, 1.165) is 17.8 Å². The van der Waals surface area contributed by atoms with Crippen molar-refractivity contribution in [2.45, 2.75) is 20.3 Å². The molecule has 0 radical (unpaired) electrons. The van der Waals surface area contributed by atoms with E-state index in [1.807, 2.05) is 31.9 Å². The van der Waals surface area contributed by atoms with Crippen LogP contribution in [-0.4, -0.2) is 23.1 Å². The maximum absolute atomic E-state index is 13.2. The zero-order valence-corrected chi connectivity index (χ0v) is 14.0. The average Bonchev–Trinajstić information content (AvgIpc) is 3.04. The van der Waals surface area contributed by atoms with Gasteiger partial charge in [-0.1, -0.05) is 6.92 Å². The summed E-state index contributed by atoms with van der Waals surface area (Å²) >= 11 is 1.21. The molecule has 0 unspecified atom stereocenters. The Morgan fingerprint density at radius 2 is 2.26 bits per heavy atom. The van der Waals surface area contributed by atoms with Gasteiger partial charge in [-0.3, -0.25) is 4.99 Å². The minimum Gasteiger partial charge on any atom is -0.322 e. The number of halogens is 1. The van der Waals surface area contributed by atoms with Crippen LogP contribution in [0, 0.1) is 17.1 Å². The highest BCUT2D eigenvalue weighted by molar-refractivity contribution is 7.09. The van der Waals surface area contributed by atoms with Crippen molar-refractivity contribution in [3.8, 4) is 17.5 Å². The molecule has 1 heterocycles. The molecule has 0 aliphatic heterocycles. The first-order valence-electron chi connectivity index (χ1n) is 6.95. The maximum Gasteiger partial charge on any atom is 0.209 e. The Morgan fingerprint density at radius 3 is 2.87 bits per heavy atom. The zero-order valence-electron chi connectivity index (χ0n) is 13.2. The predicted molar refractivity (Wildman–Crippen MR) is 91.0 cm³/mol. The Bertz CT molecular complexity index is 803. The van der Waals surface area contributed by atoms with Gasteiger partial charge in [-0.05, 0) is 38.3 Å². The van der Waals surface area contributed by atoms with E-state index in [-0.39, 0.29) is 5.56 Å². The minimum absolute atomic E-state index is 0.214. The van der Waals surface area contributed by atoms with Crippen LogP contribution in [0.5, 0.6) is 0 Å². The van der Waals surface area contributed by atoms with Crippen LogP contribution < -0.4 is 4.90 Å². The topological polar surface area (TPSA) is 65.2 Å². The zero-order chi connectivity index (χ0) is 17.0. The summed E-state index contributed by atoms with van der Waals surface area (Å²) in [6, 6.07) is 5.97. The largest absolute Gasteiger partial charge is 0.322 e. The Balaban J connectivity index is 2.41. The molecule has 2 aromatic rings. The van der Waals surface area contributed by atoms with Gasteiger partial charge in [0.2, 0.25) is 5.13 Å². The van der Waals surface area contributed by atoms with Gasteiger partial charge in [0, 0.05) is 29.8 Å². The standard InChI is InChI=1S/C16H16FN5S/c1-5-14(19-3)10(2)22(4)16-20-15(21-23-16)13-7-6-12(17)8-11(13)9-18/h6-8H,3,5H2,1-2,4H3. The molecule has 0 atom stereocenters. The fourth-order valence-electron chi connectivity index (χ4n) is 2.08. The number of hydrogen-bond acceptors (Lipinski definition) is 6. The molecule has 0 saturated carbocycles. The van der Waals surface area contributed by atoms with Gasteiger partial charge in [0.1, 0.15) is 5.82 Å². The van der Waals surface area contributed by atoms with Crippen LogP contribution in [0.15, 0.2) is 34.6 Å². The lowest BCUT2D eigenvalue weighted by Gasteiger charge is -2.17. The maximum atomic E-state index is 13.2. The molecule has 0 amide bonds. The number of aliphatic imine (C=N–C) groups is 1. The molecular weight excluding hydrogens is 313 g/mol. The summed E-state index contributed by atoms with van der Waals surface area (Å²) in [6.07, 6.45) is 0.766. The summed E-state index contributed by atoms with van der Waals surface area (Å²) in [5.41, 5.74) is 2.55. The molecule has 1 aromatic heterocycles. The van der Waals surface area contributed by atoms with Crippen LogP contribution in [-0.2, 0) is 0 Å². The van der Waals surface area contributed by atoms with Crippen molar-refractivity contribution in [3.63, 3.8) is 0 Å². The van der Waals surface area contributed by atoms with E-state index in [4.69, 9.17) is 5.26 Å². The summed E-state index contributed by atoms with van der Waals surface area (Å²) in [4.78, 5) is 10.3. The molecule has 0 aliphatic rings. The Labute approximate surface area is 138 Å². The molecule has 23 heavy (non-hydrogen) atoms. The molecule has 0 fully saturated rings. The number of hydrogen-bond donors (Lipinski definition) is 0. The van der Waals surface area contributed by atoms with E-state index >= 15 is 0 Å². The van der Waals surface area contributed by atoms with Crippen molar-refractivity contribution in [1.82, 2.24) is 9.36 Å². The molecule has 0 bridgehead atoms. The van der Waals surface area contributed by atoms with Crippen molar-refractivity contribution < 1.29 is 4.39 Å². The van der Waals surface area contributed by atoms with E-state index in [9.17, 15) is 4.39 Å². The first kappa shape index (κ1) is 16.8. The van der Waals surface area contributed by atoms with E-state index in [1.54, 1.807) is 0 Å². The molecular formula is C16H16FN5S. The summed E-state index contributed by atoms with van der Waals surface area (Å²) in [6.45, 7) is 7.52. The summed E-state index contributed by atoms with van der Waals surface area (Å²) < 4.78 is 17.5. The van der Waals surface area contributed by atoms with Crippen LogP contribution >= 0.6 is 11.5 Å². The average molecular weight is 329 g/mol. The van der Waals surface area contributed by atoms with Gasteiger partial charge in [0.05, 0.1) is 17.3 Å². The van der Waals surface area contributed by atoms with Gasteiger partial charge in [-0.25, -0.2) is 4.39 Å². The number of rotatable bonds is 5. The van der Waals surface area contributed by atoms with Gasteiger partial charge in [0.15, 0.2) is 5.82 Å². The van der Waals surface area contributed by atoms with Crippen LogP contribution in [0.25, 0.3) is 11.4 Å². The quantitative estimate of drug-likeness (QED) is 0.778. The van der Waals surface area contributed by atoms with Crippen molar-refractivity contribution >= 4 is 23.4 Å². The summed E-state index contributed by atoms with van der Waals surface area (Å²) in [7, 11) is 1.87. The van der Waals surface area contributed by atoms with E-state index in [1.165, 1.54) is 29.7 Å². The van der Waals surface area contributed by atoms with Crippen LogP contribution in [0.4, 0.5) is 9.52 Å². The van der Waals surface area contributed by atoms with Crippen LogP contribution in [0.1, 0.15) is 25.8 Å². The van der Waals surface area contributed by atoms with E-state index in [0.29, 0.717) is 16.5 Å². The smallest absolute Gasteiger partial charge is 0.209 e. The Kier molecular flexibility index (Phi) is 5.19. The van der Waals surface area contributed by atoms with E-state index < -0.39 is 5.82 Å². The highest BCUT2D eigenvalue weighted by atomic mass is 32.1. The van der Waals surface area contributed by atoms with Crippen LogP contribution in [0.2, 0.25) is 0 Å². The number of benzene rings is 1. The van der Waals surface area contributed by atoms with Crippen molar-refractivity contribution in [2.24, 2.45) is 4.99 Å². The second kappa shape index (κ2) is 7.11. The number of nitriles is 1. The van der Waals surface area contributed by atoms with Crippen molar-refractivity contribution in [1.29, 1.82) is 5.26 Å². The van der Waals surface area contributed by atoms with Gasteiger partial charge in [0.25, 0.3) is 0 Å². The molecule has 1 aromatic carbocycles. The number of nitrogens with zero attached hydrogens (tertiary/aromatic N) is 5. The second-order valence-electron chi connectivity index (χ2n) is 4.81. The normalized spacial score (nSPS) is 11.6. The van der Waals surface area contributed by atoms with Gasteiger partial charge in [-0.15, -0.1) is 0 Å². The molecule has 0 saturated heterocycles. The highest BCUT2D eigenvalue weighted by Crippen LogP contribution is 2.28. The van der Waals surface area contributed by atoms with Crippen molar-refractivity contribution in [2.75, 3.05) is 11.9 Å². The Hall–Kier alpha value is -2.59. The number of aromatic nitrogens is 2. The summed E-state index contributed by atoms with van der Waals surface area (Å²) in [5, 5.41) is 9.81. The molecule has 0 N–H and O–H groups in total. The highest BCUT2D eigenvalue weighted by Gasteiger charge is 2.16. The lowest BCUT2D eigenvalue weighted by atomic mass is 10.1. The Morgan fingerprint density at radius 1 is 1.52 bits per heavy atom. The second-order valence-corrected chi connectivity index (χ2v) is 5.54. The molecule has 2 rings (SSSR count). The third-order valence-electron chi connectivity index (χ3n) is 3.49. The van der Waals surface area contributed by atoms with Crippen LogP contribution in [0.3, 0.4) is 0 Å². The SMILES string of the molecule is C=NC(CC)=C(C)N(C)c1nc(-c2ccc(F)cc2C#N)ns1. The van der Waals surface area contributed by atoms with Gasteiger partial charge >= 0.3 is 0 Å². The first-order valence-corrected chi connectivity index (χ1v) is 7.73. The molecule has 118 valence electrons. The van der Waals surface area contributed by atoms with Gasteiger partial charge in [-0.2, -0.15) is 14.6 Å². The first-order chi connectivity index (χ1) is 11.0. The van der Waals surface area contributed by atoms with Crippen molar-refractivity contribution in [3.05, 3.63) is 41.0 Å². The third-order valence-corrected chi connectivity index (χ3v) is 4.28. The molecule has 0 spiro atoms. The lowest BCUT2D eigenvalue weighted by Crippen LogP contribution is -2.15. The fraction of sp³-hybridized carbons (Fsp3) is 0.250. The monoisotopic (exact) mass is 329 g/mol. The number of allylic oxidation sites excluding steroid dienone is 2. The lowest BCUT2D eigenvalue weighted by molar-refractivity contribution is 0.627. The third kappa shape index (κ3) is 3.43. The van der Waals surface area contributed by atoms with E-state index in [2.05, 4.69) is 21.1 Å². The number of anilines is 1.